The van der Waals surface area contributed by atoms with Crippen LogP contribution < -0.4 is 5.32 Å². The quantitative estimate of drug-likeness (QED) is 0.671. The van der Waals surface area contributed by atoms with Gasteiger partial charge in [-0.15, -0.1) is 11.3 Å². The second-order valence-corrected chi connectivity index (χ2v) is 5.54. The van der Waals surface area contributed by atoms with Crippen LogP contribution in [0.3, 0.4) is 0 Å². The van der Waals surface area contributed by atoms with E-state index in [9.17, 15) is 4.79 Å². The average molecular weight is 260 g/mol. The first-order valence-corrected chi connectivity index (χ1v) is 7.05. The minimum Gasteiger partial charge on any atom is -0.349 e. The van der Waals surface area contributed by atoms with Crippen LogP contribution >= 0.6 is 11.3 Å². The summed E-state index contributed by atoms with van der Waals surface area (Å²) in [4.78, 5) is 13.0. The molecule has 0 radical (unpaired) electrons. The van der Waals surface area contributed by atoms with Crippen molar-refractivity contribution in [3.63, 3.8) is 0 Å². The van der Waals surface area contributed by atoms with Gasteiger partial charge in [0.1, 0.15) is 11.6 Å². The van der Waals surface area contributed by atoms with Gasteiger partial charge >= 0.3 is 0 Å². The van der Waals surface area contributed by atoms with Gasteiger partial charge in [0, 0.05) is 10.9 Å². The molecule has 4 heteroatoms. The van der Waals surface area contributed by atoms with Gasteiger partial charge in [0.15, 0.2) is 0 Å². The zero-order valence-electron chi connectivity index (χ0n) is 10.4. The second-order valence-electron chi connectivity index (χ2n) is 4.59. The highest BCUT2D eigenvalue weighted by molar-refractivity contribution is 7.11. The fraction of sp³-hybridized carbons (Fsp3) is 0.429. The maximum Gasteiger partial charge on any atom is 0.262 e. The van der Waals surface area contributed by atoms with E-state index >= 15 is 0 Å². The largest absolute Gasteiger partial charge is 0.349 e. The van der Waals surface area contributed by atoms with E-state index in [1.165, 1.54) is 12.8 Å². The van der Waals surface area contributed by atoms with Crippen LogP contribution in [0, 0.1) is 18.3 Å². The van der Waals surface area contributed by atoms with E-state index in [4.69, 9.17) is 5.26 Å². The monoisotopic (exact) mass is 260 g/mol. The fourth-order valence-corrected chi connectivity index (χ4v) is 3.00. The second kappa shape index (κ2) is 5.83. The summed E-state index contributed by atoms with van der Waals surface area (Å²) < 4.78 is 0. The van der Waals surface area contributed by atoms with E-state index in [-0.39, 0.29) is 17.5 Å². The van der Waals surface area contributed by atoms with Gasteiger partial charge in [-0.2, -0.15) is 5.26 Å². The Balaban J connectivity index is 2.08. The number of rotatable bonds is 3. The van der Waals surface area contributed by atoms with Gasteiger partial charge < -0.3 is 5.32 Å². The number of nitriles is 1. The number of hydrogen-bond acceptors (Lipinski definition) is 3. The molecule has 1 aromatic heterocycles. The maximum absolute atomic E-state index is 12.0. The summed E-state index contributed by atoms with van der Waals surface area (Å²) in [6, 6.07) is 4.23. The Kier molecular flexibility index (Phi) is 4.16. The van der Waals surface area contributed by atoms with Gasteiger partial charge in [0.25, 0.3) is 5.91 Å². The first-order chi connectivity index (χ1) is 8.70. The summed E-state index contributed by atoms with van der Waals surface area (Å²) in [5.41, 5.74) is 1.30. The zero-order chi connectivity index (χ0) is 13.0. The Bertz CT molecular complexity index is 504. The van der Waals surface area contributed by atoms with Crippen molar-refractivity contribution in [2.24, 2.45) is 0 Å². The molecule has 2 rings (SSSR count). The number of carbonyl (C=O) groups excluding carboxylic acids is 1. The molecule has 1 N–H and O–H groups in total. The summed E-state index contributed by atoms with van der Waals surface area (Å²) in [6.45, 7) is 1.98. The normalized spacial score (nSPS) is 16.6. The number of amides is 1. The van der Waals surface area contributed by atoms with E-state index in [0.717, 1.165) is 23.3 Å². The summed E-state index contributed by atoms with van der Waals surface area (Å²) in [5.74, 6) is -0.239. The van der Waals surface area contributed by atoms with E-state index in [1.807, 2.05) is 24.4 Å². The highest BCUT2D eigenvalue weighted by atomic mass is 32.1. The predicted molar refractivity (Wildman–Crippen MR) is 73.0 cm³/mol. The molecule has 18 heavy (non-hydrogen) atoms. The summed E-state index contributed by atoms with van der Waals surface area (Å²) in [7, 11) is 0. The SMILES string of the molecule is Cc1ccsc1/C=C(/C#N)C(=O)NC1CCCC1. The first-order valence-electron chi connectivity index (χ1n) is 6.17. The van der Waals surface area contributed by atoms with Crippen molar-refractivity contribution >= 4 is 23.3 Å². The summed E-state index contributed by atoms with van der Waals surface area (Å²) in [5, 5.41) is 14.0. The molecule has 3 nitrogen and oxygen atoms in total. The molecular weight excluding hydrogens is 244 g/mol. The number of nitrogens with one attached hydrogen (secondary N) is 1. The molecule has 0 saturated heterocycles. The smallest absolute Gasteiger partial charge is 0.262 e. The molecule has 1 aromatic rings. The van der Waals surface area contributed by atoms with Gasteiger partial charge in [-0.05, 0) is 42.9 Å². The van der Waals surface area contributed by atoms with E-state index < -0.39 is 0 Å². The number of aryl methyl sites for hydroxylation is 1. The zero-order valence-corrected chi connectivity index (χ0v) is 11.2. The van der Waals surface area contributed by atoms with Crippen molar-refractivity contribution < 1.29 is 4.79 Å². The molecule has 0 atom stereocenters. The lowest BCUT2D eigenvalue weighted by Gasteiger charge is -2.10. The van der Waals surface area contributed by atoms with Crippen molar-refractivity contribution in [2.45, 2.75) is 38.6 Å². The van der Waals surface area contributed by atoms with Crippen molar-refractivity contribution in [2.75, 3.05) is 0 Å². The lowest BCUT2D eigenvalue weighted by Crippen LogP contribution is -2.33. The fourth-order valence-electron chi connectivity index (χ4n) is 2.15. The molecule has 94 valence electrons. The third kappa shape index (κ3) is 2.99. The molecule has 0 aliphatic heterocycles. The molecule has 0 aromatic carbocycles. The predicted octanol–water partition coefficient (Wildman–Crippen LogP) is 3.02. The van der Waals surface area contributed by atoms with Crippen molar-refractivity contribution in [3.8, 4) is 6.07 Å². The van der Waals surface area contributed by atoms with Crippen LogP contribution in [0.1, 0.15) is 36.1 Å². The minimum atomic E-state index is -0.239. The molecule has 0 unspecified atom stereocenters. The third-order valence-corrected chi connectivity index (χ3v) is 4.20. The average Bonchev–Trinajstić information content (AvgIpc) is 2.98. The molecule has 1 aliphatic carbocycles. The molecule has 1 saturated carbocycles. The Morgan fingerprint density at radius 1 is 1.56 bits per heavy atom. The van der Waals surface area contributed by atoms with Crippen LogP contribution in [0.25, 0.3) is 6.08 Å². The summed E-state index contributed by atoms with van der Waals surface area (Å²) in [6.07, 6.45) is 6.08. The highest BCUT2D eigenvalue weighted by Gasteiger charge is 2.19. The van der Waals surface area contributed by atoms with Crippen LogP contribution in [0.2, 0.25) is 0 Å². The number of thiophene rings is 1. The number of hydrogen-bond donors (Lipinski definition) is 1. The lowest BCUT2D eigenvalue weighted by molar-refractivity contribution is -0.117. The molecule has 1 heterocycles. The Morgan fingerprint density at radius 3 is 2.83 bits per heavy atom. The summed E-state index contributed by atoms with van der Waals surface area (Å²) >= 11 is 1.55. The number of carbonyl (C=O) groups is 1. The first kappa shape index (κ1) is 12.8. The van der Waals surface area contributed by atoms with E-state index in [1.54, 1.807) is 17.4 Å². The Labute approximate surface area is 111 Å². The highest BCUT2D eigenvalue weighted by Crippen LogP contribution is 2.20. The van der Waals surface area contributed by atoms with Crippen LogP contribution in [-0.2, 0) is 4.79 Å². The Hall–Kier alpha value is -1.60. The van der Waals surface area contributed by atoms with Crippen LogP contribution in [0.4, 0.5) is 0 Å². The number of nitrogens with zero attached hydrogens (tertiary/aromatic N) is 1. The van der Waals surface area contributed by atoms with Crippen LogP contribution in [0.15, 0.2) is 17.0 Å². The molecule has 0 bridgehead atoms. The van der Waals surface area contributed by atoms with Crippen LogP contribution in [-0.4, -0.2) is 11.9 Å². The third-order valence-electron chi connectivity index (χ3n) is 3.23. The topological polar surface area (TPSA) is 52.9 Å². The van der Waals surface area contributed by atoms with E-state index in [0.29, 0.717) is 0 Å². The van der Waals surface area contributed by atoms with Crippen LogP contribution in [0.5, 0.6) is 0 Å². The molecule has 1 aliphatic rings. The lowest BCUT2D eigenvalue weighted by atomic mass is 10.1. The van der Waals surface area contributed by atoms with Gasteiger partial charge in [-0.25, -0.2) is 0 Å². The molecular formula is C14H16N2OS. The van der Waals surface area contributed by atoms with Gasteiger partial charge in [-0.3, -0.25) is 4.79 Å². The van der Waals surface area contributed by atoms with Crippen molar-refractivity contribution in [1.82, 2.24) is 5.32 Å². The molecule has 1 amide bonds. The Morgan fingerprint density at radius 2 is 2.28 bits per heavy atom. The maximum atomic E-state index is 12.0. The minimum absolute atomic E-state index is 0.201. The molecule has 0 spiro atoms. The van der Waals surface area contributed by atoms with Gasteiger partial charge in [0.2, 0.25) is 0 Å². The van der Waals surface area contributed by atoms with E-state index in [2.05, 4.69) is 5.32 Å². The standard InChI is InChI=1S/C14H16N2OS/c1-10-6-7-18-13(10)8-11(9-15)14(17)16-12-4-2-3-5-12/h6-8,12H,2-5H2,1H3,(H,16,17)/b11-8-. The van der Waals surface area contributed by atoms with Gasteiger partial charge in [0.05, 0.1) is 0 Å². The van der Waals surface area contributed by atoms with Crippen molar-refractivity contribution in [3.05, 3.63) is 27.5 Å². The van der Waals surface area contributed by atoms with Crippen molar-refractivity contribution in [1.29, 1.82) is 5.26 Å². The van der Waals surface area contributed by atoms with Gasteiger partial charge in [-0.1, -0.05) is 12.8 Å². The molecule has 1 fully saturated rings.